The molecule has 0 spiro atoms. The molecule has 38 heavy (non-hydrogen) atoms. The average molecular weight is 550 g/mol. The highest BCUT2D eigenvalue weighted by Gasteiger charge is 2.40. The maximum atomic E-state index is 13.7. The number of nitrogens with zero attached hydrogens (tertiary/aromatic N) is 2. The lowest BCUT2D eigenvalue weighted by atomic mass is 9.90. The van der Waals surface area contributed by atoms with Gasteiger partial charge < -0.3 is 15.2 Å². The van der Waals surface area contributed by atoms with Crippen LogP contribution in [0.25, 0.3) is 22.5 Å². The number of benzene rings is 3. The molecule has 0 saturated carbocycles. The van der Waals surface area contributed by atoms with Gasteiger partial charge >= 0.3 is 0 Å². The summed E-state index contributed by atoms with van der Waals surface area (Å²) >= 11 is 1.83. The average Bonchev–Trinajstić information content (AvgIpc) is 3.36. The van der Waals surface area contributed by atoms with Crippen molar-refractivity contribution in [2.24, 2.45) is 5.14 Å². The predicted molar refractivity (Wildman–Crippen MR) is 149 cm³/mol. The molecule has 4 N–H and O–H groups in total. The zero-order valence-corrected chi connectivity index (χ0v) is 22.3. The highest BCUT2D eigenvalue weighted by atomic mass is 32.2. The number of rotatable bonds is 7. The second kappa shape index (κ2) is 10.6. The molecule has 1 amide bonds. The number of nitrogens with one attached hydrogen (secondary N) is 2. The Balaban J connectivity index is 1.37. The van der Waals surface area contributed by atoms with E-state index in [0.717, 1.165) is 22.8 Å². The van der Waals surface area contributed by atoms with Crippen LogP contribution in [0.2, 0.25) is 0 Å². The van der Waals surface area contributed by atoms with Crippen LogP contribution in [0.4, 0.5) is 11.4 Å². The Hall–Kier alpha value is -3.67. The highest BCUT2D eigenvalue weighted by Crippen LogP contribution is 2.34. The second-order valence-electron chi connectivity index (χ2n) is 9.11. The van der Waals surface area contributed by atoms with Gasteiger partial charge in [0.2, 0.25) is 27.6 Å². The van der Waals surface area contributed by atoms with E-state index < -0.39 is 15.6 Å². The Morgan fingerprint density at radius 1 is 0.974 bits per heavy atom. The number of primary sulfonamides is 1. The van der Waals surface area contributed by atoms with Gasteiger partial charge in [0.05, 0.1) is 4.90 Å². The van der Waals surface area contributed by atoms with Gasteiger partial charge in [-0.1, -0.05) is 47.6 Å². The Morgan fingerprint density at radius 3 is 2.39 bits per heavy atom. The van der Waals surface area contributed by atoms with E-state index in [-0.39, 0.29) is 10.8 Å². The van der Waals surface area contributed by atoms with Crippen LogP contribution in [-0.2, 0) is 14.8 Å². The van der Waals surface area contributed by atoms with Gasteiger partial charge in [-0.05, 0) is 60.2 Å². The van der Waals surface area contributed by atoms with Gasteiger partial charge in [-0.25, -0.2) is 13.6 Å². The van der Waals surface area contributed by atoms with Crippen molar-refractivity contribution < 1.29 is 17.7 Å². The molecule has 0 atom stereocenters. The first-order valence-corrected chi connectivity index (χ1v) is 14.7. The normalized spacial score (nSPS) is 15.1. The van der Waals surface area contributed by atoms with Gasteiger partial charge in [0.25, 0.3) is 0 Å². The Labute approximate surface area is 225 Å². The van der Waals surface area contributed by atoms with Gasteiger partial charge in [-0.2, -0.15) is 16.7 Å². The monoisotopic (exact) mass is 549 g/mol. The fourth-order valence-electron chi connectivity index (χ4n) is 4.49. The molecule has 196 valence electrons. The van der Waals surface area contributed by atoms with Crippen LogP contribution < -0.4 is 15.8 Å². The van der Waals surface area contributed by atoms with Crippen LogP contribution >= 0.6 is 11.8 Å². The van der Waals surface area contributed by atoms with E-state index in [1.54, 1.807) is 49.4 Å². The van der Waals surface area contributed by atoms with Gasteiger partial charge in [0, 0.05) is 29.4 Å². The second-order valence-corrected chi connectivity index (χ2v) is 11.9. The molecule has 0 bridgehead atoms. The van der Waals surface area contributed by atoms with Crippen molar-refractivity contribution in [2.75, 3.05) is 22.1 Å². The summed E-state index contributed by atoms with van der Waals surface area (Å²) in [5, 5.41) is 15.9. The quantitative estimate of drug-likeness (QED) is 0.302. The lowest BCUT2D eigenvalue weighted by Crippen LogP contribution is -2.52. The van der Waals surface area contributed by atoms with E-state index in [1.807, 2.05) is 36.0 Å². The molecule has 0 unspecified atom stereocenters. The number of hydrogen-bond acceptors (Lipinski definition) is 8. The third-order valence-corrected chi connectivity index (χ3v) is 8.41. The molecule has 1 aliphatic heterocycles. The molecule has 9 nitrogen and oxygen atoms in total. The molecule has 1 fully saturated rings. The van der Waals surface area contributed by atoms with Gasteiger partial charge in [0.1, 0.15) is 5.54 Å². The van der Waals surface area contributed by atoms with Gasteiger partial charge in [-0.15, -0.1) is 0 Å². The summed E-state index contributed by atoms with van der Waals surface area (Å²) in [5.74, 6) is 2.56. The van der Waals surface area contributed by atoms with E-state index in [9.17, 15) is 13.2 Å². The smallest absolute Gasteiger partial charge is 0.250 e. The van der Waals surface area contributed by atoms with Crippen LogP contribution in [0.15, 0.2) is 82.2 Å². The Bertz CT molecular complexity index is 1560. The molecule has 5 rings (SSSR count). The molecule has 1 aromatic heterocycles. The minimum Gasteiger partial charge on any atom is -0.371 e. The van der Waals surface area contributed by atoms with Crippen LogP contribution in [0.1, 0.15) is 18.7 Å². The first-order valence-electron chi connectivity index (χ1n) is 12.0. The summed E-state index contributed by atoms with van der Waals surface area (Å²) in [5.41, 5.74) is 2.60. The van der Waals surface area contributed by atoms with E-state index >= 15 is 0 Å². The molecule has 1 saturated heterocycles. The minimum atomic E-state index is -3.88. The van der Waals surface area contributed by atoms with Crippen molar-refractivity contribution in [2.45, 2.75) is 30.2 Å². The van der Waals surface area contributed by atoms with E-state index in [0.29, 0.717) is 41.4 Å². The first-order chi connectivity index (χ1) is 18.2. The molecule has 0 radical (unpaired) electrons. The summed E-state index contributed by atoms with van der Waals surface area (Å²) in [6, 6.07) is 21.3. The number of nitrogens with two attached hydrogens (primary N) is 1. The van der Waals surface area contributed by atoms with Gasteiger partial charge in [-0.3, -0.25) is 4.79 Å². The zero-order chi connectivity index (χ0) is 26.8. The highest BCUT2D eigenvalue weighted by molar-refractivity contribution is 7.99. The summed E-state index contributed by atoms with van der Waals surface area (Å²) in [6.07, 6.45) is 1.32. The Kier molecular flexibility index (Phi) is 7.24. The molecule has 11 heteroatoms. The fourth-order valence-corrected chi connectivity index (χ4v) is 6.44. The number of carbonyl (C=O) groups is 1. The van der Waals surface area contributed by atoms with Crippen molar-refractivity contribution in [3.05, 3.63) is 78.7 Å². The minimum absolute atomic E-state index is 0.0536. The molecule has 0 aliphatic carbocycles. The van der Waals surface area contributed by atoms with E-state index in [2.05, 4.69) is 20.8 Å². The number of anilines is 2. The van der Waals surface area contributed by atoms with Crippen molar-refractivity contribution >= 4 is 39.1 Å². The largest absolute Gasteiger partial charge is 0.371 e. The topological polar surface area (TPSA) is 140 Å². The van der Waals surface area contributed by atoms with Crippen molar-refractivity contribution in [1.82, 2.24) is 10.1 Å². The molecule has 4 aromatic rings. The predicted octanol–water partition coefficient (Wildman–Crippen LogP) is 4.68. The molecule has 3 aromatic carbocycles. The SMILES string of the molecule is Cc1nc(-c2cccc(NC3(C(=O)Nc4ccc(-c5ccccc5S(N)(=O)=O)cc4)CCSCC3)c2)no1. The first kappa shape index (κ1) is 26.0. The number of amides is 1. The van der Waals surface area contributed by atoms with Crippen LogP contribution in [0.3, 0.4) is 0 Å². The zero-order valence-electron chi connectivity index (χ0n) is 20.7. The van der Waals surface area contributed by atoms with Crippen molar-refractivity contribution in [3.63, 3.8) is 0 Å². The number of hydrogen-bond donors (Lipinski definition) is 3. The number of thioether (sulfide) groups is 1. The summed E-state index contributed by atoms with van der Waals surface area (Å²) in [4.78, 5) is 18.0. The van der Waals surface area contributed by atoms with Crippen LogP contribution in [0, 0.1) is 6.92 Å². The summed E-state index contributed by atoms with van der Waals surface area (Å²) in [6.45, 7) is 1.74. The molecular formula is C27H27N5O4S2. The molecular weight excluding hydrogens is 522 g/mol. The summed E-state index contributed by atoms with van der Waals surface area (Å²) in [7, 11) is -3.88. The number of carbonyl (C=O) groups excluding carboxylic acids is 1. The van der Waals surface area contributed by atoms with E-state index in [1.165, 1.54) is 6.07 Å². The van der Waals surface area contributed by atoms with Crippen LogP contribution in [0.5, 0.6) is 0 Å². The summed E-state index contributed by atoms with van der Waals surface area (Å²) < 4.78 is 29.1. The third kappa shape index (κ3) is 5.59. The van der Waals surface area contributed by atoms with Crippen molar-refractivity contribution in [1.29, 1.82) is 0 Å². The fraction of sp³-hybridized carbons (Fsp3) is 0.222. The molecule has 2 heterocycles. The number of aromatic nitrogens is 2. The van der Waals surface area contributed by atoms with Crippen molar-refractivity contribution in [3.8, 4) is 22.5 Å². The lowest BCUT2D eigenvalue weighted by molar-refractivity contribution is -0.120. The van der Waals surface area contributed by atoms with Gasteiger partial charge in [0.15, 0.2) is 0 Å². The number of sulfonamides is 1. The Morgan fingerprint density at radius 2 is 1.71 bits per heavy atom. The lowest BCUT2D eigenvalue weighted by Gasteiger charge is -2.37. The van der Waals surface area contributed by atoms with Crippen LogP contribution in [-0.4, -0.2) is 41.5 Å². The molecule has 1 aliphatic rings. The maximum absolute atomic E-state index is 13.7. The maximum Gasteiger partial charge on any atom is 0.250 e. The van der Waals surface area contributed by atoms with E-state index in [4.69, 9.17) is 9.66 Å². The third-order valence-electron chi connectivity index (χ3n) is 6.46. The number of aryl methyl sites for hydroxylation is 1. The standard InChI is InChI=1S/C27H27N5O4S2/c1-18-29-25(32-36-18)20-5-4-6-22(17-20)31-27(13-15-37-16-14-27)26(33)30-21-11-9-19(10-12-21)23-7-2-3-8-24(23)38(28,34)35/h2-12,17,31H,13-16H2,1H3,(H,30,33)(H2,28,34,35).